The van der Waals surface area contributed by atoms with Crippen LogP contribution in [0.4, 0.5) is 5.95 Å². The summed E-state index contributed by atoms with van der Waals surface area (Å²) in [7, 11) is 1.65. The number of ether oxygens (including phenoxy) is 2. The van der Waals surface area contributed by atoms with Crippen LogP contribution < -0.4 is 15.4 Å². The van der Waals surface area contributed by atoms with Crippen LogP contribution in [-0.4, -0.2) is 48.8 Å². The molecule has 1 unspecified atom stereocenters. The van der Waals surface area contributed by atoms with Gasteiger partial charge in [-0.15, -0.1) is 0 Å². The SMILES string of the molecule is COc1ccc(CCNc2ncc(C(=O)NCC3CCCO3)cn2)cc1. The van der Waals surface area contributed by atoms with Gasteiger partial charge in [-0.3, -0.25) is 4.79 Å². The Morgan fingerprint density at radius 1 is 1.27 bits per heavy atom. The van der Waals surface area contributed by atoms with Gasteiger partial charge in [0.25, 0.3) is 5.91 Å². The van der Waals surface area contributed by atoms with Crippen molar-refractivity contribution in [3.05, 3.63) is 47.8 Å². The Morgan fingerprint density at radius 2 is 2.04 bits per heavy atom. The molecule has 0 bridgehead atoms. The number of nitrogens with one attached hydrogen (secondary N) is 2. The topological polar surface area (TPSA) is 85.4 Å². The minimum Gasteiger partial charge on any atom is -0.497 e. The van der Waals surface area contributed by atoms with E-state index >= 15 is 0 Å². The van der Waals surface area contributed by atoms with Gasteiger partial charge in [-0.05, 0) is 37.0 Å². The smallest absolute Gasteiger partial charge is 0.254 e. The van der Waals surface area contributed by atoms with E-state index < -0.39 is 0 Å². The van der Waals surface area contributed by atoms with Crippen LogP contribution in [0.15, 0.2) is 36.7 Å². The molecular formula is C19H24N4O3. The van der Waals surface area contributed by atoms with Crippen molar-refractivity contribution in [2.45, 2.75) is 25.4 Å². The quantitative estimate of drug-likeness (QED) is 0.753. The molecule has 2 heterocycles. The van der Waals surface area contributed by atoms with Crippen LogP contribution in [0.1, 0.15) is 28.8 Å². The summed E-state index contributed by atoms with van der Waals surface area (Å²) in [4.78, 5) is 20.5. The number of benzene rings is 1. The van der Waals surface area contributed by atoms with Crippen molar-refractivity contribution in [3.8, 4) is 5.75 Å². The van der Waals surface area contributed by atoms with Crippen LogP contribution in [0.3, 0.4) is 0 Å². The van der Waals surface area contributed by atoms with Crippen LogP contribution in [0.2, 0.25) is 0 Å². The van der Waals surface area contributed by atoms with Gasteiger partial charge in [0, 0.05) is 32.1 Å². The molecule has 1 atom stereocenters. The predicted octanol–water partition coefficient (Wildman–Crippen LogP) is 2.05. The molecule has 26 heavy (non-hydrogen) atoms. The summed E-state index contributed by atoms with van der Waals surface area (Å²) in [5.74, 6) is 1.18. The molecule has 1 aliphatic rings. The number of aromatic nitrogens is 2. The summed E-state index contributed by atoms with van der Waals surface area (Å²) in [5, 5.41) is 6.02. The van der Waals surface area contributed by atoms with Crippen LogP contribution in [0, 0.1) is 0 Å². The summed E-state index contributed by atoms with van der Waals surface area (Å²) in [6.07, 6.45) is 6.09. The van der Waals surface area contributed by atoms with Gasteiger partial charge in [-0.1, -0.05) is 12.1 Å². The van der Waals surface area contributed by atoms with E-state index in [1.54, 1.807) is 7.11 Å². The average Bonchev–Trinajstić information content (AvgIpc) is 3.21. The molecule has 1 fully saturated rings. The highest BCUT2D eigenvalue weighted by Crippen LogP contribution is 2.12. The minimum atomic E-state index is -0.176. The molecule has 2 N–H and O–H groups in total. The lowest BCUT2D eigenvalue weighted by Gasteiger charge is -2.10. The highest BCUT2D eigenvalue weighted by Gasteiger charge is 2.16. The van der Waals surface area contributed by atoms with Gasteiger partial charge in [-0.25, -0.2) is 9.97 Å². The molecule has 1 aliphatic heterocycles. The van der Waals surface area contributed by atoms with Crippen molar-refractivity contribution in [1.82, 2.24) is 15.3 Å². The summed E-state index contributed by atoms with van der Waals surface area (Å²) < 4.78 is 10.6. The van der Waals surface area contributed by atoms with Crippen molar-refractivity contribution < 1.29 is 14.3 Å². The maximum absolute atomic E-state index is 12.1. The van der Waals surface area contributed by atoms with Gasteiger partial charge in [-0.2, -0.15) is 0 Å². The van der Waals surface area contributed by atoms with E-state index in [-0.39, 0.29) is 12.0 Å². The summed E-state index contributed by atoms with van der Waals surface area (Å²) >= 11 is 0. The third-order valence-electron chi connectivity index (χ3n) is 4.28. The van der Waals surface area contributed by atoms with Gasteiger partial charge in [0.1, 0.15) is 5.75 Å². The van der Waals surface area contributed by atoms with Gasteiger partial charge in [0.05, 0.1) is 18.8 Å². The first kappa shape index (κ1) is 18.1. The Balaban J connectivity index is 1.42. The van der Waals surface area contributed by atoms with Crippen molar-refractivity contribution in [2.24, 2.45) is 0 Å². The molecule has 7 heteroatoms. The van der Waals surface area contributed by atoms with E-state index in [0.717, 1.165) is 31.6 Å². The third kappa shape index (κ3) is 5.16. The third-order valence-corrected chi connectivity index (χ3v) is 4.28. The second kappa shape index (κ2) is 9.15. The number of methoxy groups -OCH3 is 1. The van der Waals surface area contributed by atoms with E-state index in [9.17, 15) is 4.79 Å². The largest absolute Gasteiger partial charge is 0.497 e. The number of hydrogen-bond donors (Lipinski definition) is 2. The molecule has 138 valence electrons. The number of carbonyl (C=O) groups excluding carboxylic acids is 1. The highest BCUT2D eigenvalue weighted by molar-refractivity contribution is 5.93. The first-order valence-electron chi connectivity index (χ1n) is 8.83. The van der Waals surface area contributed by atoms with E-state index in [0.29, 0.717) is 24.6 Å². The number of nitrogens with zero attached hydrogens (tertiary/aromatic N) is 2. The Bertz CT molecular complexity index is 698. The number of anilines is 1. The second-order valence-corrected chi connectivity index (χ2v) is 6.17. The van der Waals surface area contributed by atoms with Gasteiger partial charge < -0.3 is 20.1 Å². The lowest BCUT2D eigenvalue weighted by molar-refractivity contribution is 0.0857. The van der Waals surface area contributed by atoms with Gasteiger partial charge in [0.2, 0.25) is 5.95 Å². The van der Waals surface area contributed by atoms with Gasteiger partial charge in [0.15, 0.2) is 0 Å². The molecule has 3 rings (SSSR count). The zero-order valence-electron chi connectivity index (χ0n) is 14.9. The minimum absolute atomic E-state index is 0.124. The molecule has 2 aromatic rings. The van der Waals surface area contributed by atoms with Crippen LogP contribution in [0.5, 0.6) is 5.75 Å². The standard InChI is InChI=1S/C19H24N4O3/c1-25-16-6-4-14(5-7-16)8-9-20-19-22-11-15(12-23-19)18(24)21-13-17-3-2-10-26-17/h4-7,11-12,17H,2-3,8-10,13H2,1H3,(H,21,24)(H,20,22,23). The Kier molecular flexibility index (Phi) is 6.38. The van der Waals surface area contributed by atoms with Crippen molar-refractivity contribution in [3.63, 3.8) is 0 Å². The first-order chi connectivity index (χ1) is 12.7. The molecule has 0 saturated carbocycles. The molecular weight excluding hydrogens is 332 g/mol. The number of rotatable bonds is 8. The van der Waals surface area contributed by atoms with Crippen molar-refractivity contribution in [1.29, 1.82) is 0 Å². The lowest BCUT2D eigenvalue weighted by Crippen LogP contribution is -2.31. The van der Waals surface area contributed by atoms with E-state index in [4.69, 9.17) is 9.47 Å². The number of amides is 1. The van der Waals surface area contributed by atoms with E-state index in [1.165, 1.54) is 18.0 Å². The van der Waals surface area contributed by atoms with Crippen LogP contribution in [0.25, 0.3) is 0 Å². The lowest BCUT2D eigenvalue weighted by atomic mass is 10.1. The fourth-order valence-corrected chi connectivity index (χ4v) is 2.76. The summed E-state index contributed by atoms with van der Waals surface area (Å²) in [6, 6.07) is 7.94. The zero-order chi connectivity index (χ0) is 18.2. The summed E-state index contributed by atoms with van der Waals surface area (Å²) in [6.45, 7) is 2.01. The Hall–Kier alpha value is -2.67. The highest BCUT2D eigenvalue weighted by atomic mass is 16.5. The number of carbonyl (C=O) groups is 1. The maximum Gasteiger partial charge on any atom is 0.254 e. The predicted molar refractivity (Wildman–Crippen MR) is 98.5 cm³/mol. The average molecular weight is 356 g/mol. The fourth-order valence-electron chi connectivity index (χ4n) is 2.76. The van der Waals surface area contributed by atoms with E-state index in [1.807, 2.05) is 24.3 Å². The van der Waals surface area contributed by atoms with Crippen molar-refractivity contribution >= 4 is 11.9 Å². The van der Waals surface area contributed by atoms with Crippen molar-refractivity contribution in [2.75, 3.05) is 32.1 Å². The van der Waals surface area contributed by atoms with Gasteiger partial charge >= 0.3 is 0 Å². The van der Waals surface area contributed by atoms with E-state index in [2.05, 4.69) is 20.6 Å². The molecule has 0 radical (unpaired) electrons. The molecule has 7 nitrogen and oxygen atoms in total. The summed E-state index contributed by atoms with van der Waals surface area (Å²) in [5.41, 5.74) is 1.65. The Morgan fingerprint density at radius 3 is 2.69 bits per heavy atom. The first-order valence-corrected chi connectivity index (χ1v) is 8.83. The number of hydrogen-bond acceptors (Lipinski definition) is 6. The second-order valence-electron chi connectivity index (χ2n) is 6.17. The van der Waals surface area contributed by atoms with Crippen LogP contribution >= 0.6 is 0 Å². The van der Waals surface area contributed by atoms with Crippen LogP contribution in [-0.2, 0) is 11.2 Å². The normalized spacial score (nSPS) is 16.3. The Labute approximate surface area is 153 Å². The molecule has 1 aromatic heterocycles. The molecule has 0 spiro atoms. The molecule has 1 amide bonds. The maximum atomic E-state index is 12.1. The molecule has 1 aromatic carbocycles. The molecule has 1 saturated heterocycles. The fraction of sp³-hybridized carbons (Fsp3) is 0.421. The molecule has 0 aliphatic carbocycles. The monoisotopic (exact) mass is 356 g/mol. The zero-order valence-corrected chi connectivity index (χ0v) is 14.9.